The van der Waals surface area contributed by atoms with Crippen molar-refractivity contribution in [2.24, 2.45) is 0 Å². The van der Waals surface area contributed by atoms with Crippen molar-refractivity contribution in [3.05, 3.63) is 65.2 Å². The van der Waals surface area contributed by atoms with E-state index in [2.05, 4.69) is 0 Å². The van der Waals surface area contributed by atoms with Gasteiger partial charge >= 0.3 is 0 Å². The number of benzene rings is 2. The number of likely N-dealkylation sites (N-methyl/N-ethyl adjacent to an activating group) is 1. The Kier molecular flexibility index (Phi) is 7.16. The zero-order valence-corrected chi connectivity index (χ0v) is 17.3. The van der Waals surface area contributed by atoms with Crippen LogP contribution < -0.4 is 0 Å². The van der Waals surface area contributed by atoms with Crippen molar-refractivity contribution in [1.29, 1.82) is 0 Å². The first kappa shape index (κ1) is 21.1. The van der Waals surface area contributed by atoms with Crippen LogP contribution in [-0.2, 0) is 21.4 Å². The molecule has 0 heterocycles. The van der Waals surface area contributed by atoms with Gasteiger partial charge in [0.1, 0.15) is 0 Å². The number of carbonyl (C=O) groups excluding carboxylic acids is 1. The summed E-state index contributed by atoms with van der Waals surface area (Å²) in [6.07, 6.45) is 0. The first-order valence-corrected chi connectivity index (χ1v) is 10.6. The number of hydrogen-bond acceptors (Lipinski definition) is 3. The monoisotopic (exact) mass is 388 g/mol. The van der Waals surface area contributed by atoms with Gasteiger partial charge in [0.15, 0.2) is 0 Å². The summed E-state index contributed by atoms with van der Waals surface area (Å²) in [4.78, 5) is 14.6. The van der Waals surface area contributed by atoms with Crippen LogP contribution in [0.25, 0.3) is 0 Å². The molecule has 2 rings (SSSR count). The molecule has 0 aliphatic carbocycles. The lowest BCUT2D eigenvalue weighted by Gasteiger charge is -2.26. The van der Waals surface area contributed by atoms with Crippen LogP contribution in [0, 0.1) is 13.8 Å². The molecule has 0 atom stereocenters. The quantitative estimate of drug-likeness (QED) is 0.697. The molecule has 0 saturated carbocycles. The molecule has 0 saturated heterocycles. The summed E-state index contributed by atoms with van der Waals surface area (Å²) in [5, 5.41) is 0. The van der Waals surface area contributed by atoms with E-state index in [-0.39, 0.29) is 23.9 Å². The molecular weight excluding hydrogens is 360 g/mol. The van der Waals surface area contributed by atoms with Gasteiger partial charge in [-0.3, -0.25) is 4.79 Å². The maximum Gasteiger partial charge on any atom is 0.244 e. The summed E-state index contributed by atoms with van der Waals surface area (Å²) in [6.45, 7) is 8.51. The van der Waals surface area contributed by atoms with Gasteiger partial charge < -0.3 is 4.90 Å². The number of hydrogen-bond donors (Lipinski definition) is 0. The largest absolute Gasteiger partial charge is 0.342 e. The molecule has 0 radical (unpaired) electrons. The molecule has 6 heteroatoms. The number of nitrogens with zero attached hydrogens (tertiary/aromatic N) is 2. The molecule has 0 bridgehead atoms. The van der Waals surface area contributed by atoms with E-state index in [1.807, 2.05) is 57.2 Å². The molecule has 1 amide bonds. The highest BCUT2D eigenvalue weighted by Crippen LogP contribution is 2.23. The van der Waals surface area contributed by atoms with E-state index in [9.17, 15) is 13.2 Å². The molecule has 5 nitrogen and oxygen atoms in total. The van der Waals surface area contributed by atoms with Gasteiger partial charge in [-0.15, -0.1) is 0 Å². The van der Waals surface area contributed by atoms with Gasteiger partial charge in [0.2, 0.25) is 15.9 Å². The molecule has 0 spiro atoms. The van der Waals surface area contributed by atoms with E-state index in [0.29, 0.717) is 18.7 Å². The number of sulfonamides is 1. The third-order valence-electron chi connectivity index (χ3n) is 4.59. The molecule has 0 unspecified atom stereocenters. The van der Waals surface area contributed by atoms with E-state index < -0.39 is 10.0 Å². The molecule has 0 aliphatic heterocycles. The summed E-state index contributed by atoms with van der Waals surface area (Å²) in [6, 6.07) is 14.7. The SMILES string of the molecule is CCN(CC)C(=O)CN(Cc1ccccc1)S(=O)(=O)c1cc(C)ccc1C. The number of carbonyl (C=O) groups is 1. The summed E-state index contributed by atoms with van der Waals surface area (Å²) >= 11 is 0. The predicted molar refractivity (Wildman–Crippen MR) is 108 cm³/mol. The van der Waals surface area contributed by atoms with E-state index in [1.54, 1.807) is 24.0 Å². The van der Waals surface area contributed by atoms with Gasteiger partial charge in [0.25, 0.3) is 0 Å². The Morgan fingerprint density at radius 3 is 2.19 bits per heavy atom. The second kappa shape index (κ2) is 9.15. The third kappa shape index (κ3) is 5.17. The highest BCUT2D eigenvalue weighted by atomic mass is 32.2. The first-order chi connectivity index (χ1) is 12.8. The van der Waals surface area contributed by atoms with Gasteiger partial charge in [-0.2, -0.15) is 4.31 Å². The van der Waals surface area contributed by atoms with Crippen LogP contribution in [-0.4, -0.2) is 43.2 Å². The van der Waals surface area contributed by atoms with Gasteiger partial charge in [0, 0.05) is 19.6 Å². The molecule has 0 aliphatic rings. The van der Waals surface area contributed by atoms with Crippen molar-refractivity contribution < 1.29 is 13.2 Å². The Bertz CT molecular complexity index is 876. The zero-order valence-electron chi connectivity index (χ0n) is 16.5. The fraction of sp³-hybridized carbons (Fsp3) is 0.381. The van der Waals surface area contributed by atoms with Crippen molar-refractivity contribution in [1.82, 2.24) is 9.21 Å². The summed E-state index contributed by atoms with van der Waals surface area (Å²) in [5.74, 6) is -0.190. The lowest BCUT2D eigenvalue weighted by molar-refractivity contribution is -0.131. The average Bonchev–Trinajstić information content (AvgIpc) is 2.65. The van der Waals surface area contributed by atoms with Crippen LogP contribution in [0.5, 0.6) is 0 Å². The number of rotatable bonds is 8. The van der Waals surface area contributed by atoms with Gasteiger partial charge in [-0.1, -0.05) is 42.5 Å². The Morgan fingerprint density at radius 1 is 0.963 bits per heavy atom. The molecule has 0 N–H and O–H groups in total. The van der Waals surface area contributed by atoms with Crippen LogP contribution in [0.2, 0.25) is 0 Å². The fourth-order valence-electron chi connectivity index (χ4n) is 2.96. The van der Waals surface area contributed by atoms with Crippen molar-refractivity contribution in [3.8, 4) is 0 Å². The highest BCUT2D eigenvalue weighted by Gasteiger charge is 2.29. The first-order valence-electron chi connectivity index (χ1n) is 9.18. The van der Waals surface area contributed by atoms with Gasteiger partial charge in [-0.05, 0) is 50.5 Å². The van der Waals surface area contributed by atoms with Crippen LogP contribution >= 0.6 is 0 Å². The maximum absolute atomic E-state index is 13.4. The third-order valence-corrected chi connectivity index (χ3v) is 6.52. The Labute approximate surface area is 162 Å². The maximum atomic E-state index is 13.4. The normalized spacial score (nSPS) is 11.6. The Balaban J connectivity index is 2.44. The summed E-state index contributed by atoms with van der Waals surface area (Å²) in [7, 11) is -3.81. The van der Waals surface area contributed by atoms with Crippen LogP contribution in [0.3, 0.4) is 0 Å². The molecule has 27 heavy (non-hydrogen) atoms. The second-order valence-electron chi connectivity index (χ2n) is 6.59. The lowest BCUT2D eigenvalue weighted by Crippen LogP contribution is -2.42. The molecular formula is C21H28N2O3S. The number of aryl methyl sites for hydroxylation is 2. The van der Waals surface area contributed by atoms with E-state index in [4.69, 9.17) is 0 Å². The average molecular weight is 389 g/mol. The molecule has 0 aromatic heterocycles. The van der Waals surface area contributed by atoms with Crippen molar-refractivity contribution in [3.63, 3.8) is 0 Å². The van der Waals surface area contributed by atoms with E-state index in [0.717, 1.165) is 11.1 Å². The molecule has 146 valence electrons. The minimum absolute atomic E-state index is 0.156. The highest BCUT2D eigenvalue weighted by molar-refractivity contribution is 7.89. The minimum atomic E-state index is -3.81. The standard InChI is InChI=1S/C21H28N2O3S/c1-5-22(6-2)21(24)16-23(15-19-10-8-7-9-11-19)27(25,26)20-14-17(3)12-13-18(20)4/h7-14H,5-6,15-16H2,1-4H3. The Morgan fingerprint density at radius 2 is 1.59 bits per heavy atom. The zero-order chi connectivity index (χ0) is 20.0. The van der Waals surface area contributed by atoms with Crippen LogP contribution in [0.15, 0.2) is 53.4 Å². The smallest absolute Gasteiger partial charge is 0.244 e. The minimum Gasteiger partial charge on any atom is -0.342 e. The van der Waals surface area contributed by atoms with Crippen molar-refractivity contribution >= 4 is 15.9 Å². The van der Waals surface area contributed by atoms with Gasteiger partial charge in [0.05, 0.1) is 11.4 Å². The van der Waals surface area contributed by atoms with Crippen LogP contribution in [0.4, 0.5) is 0 Å². The van der Waals surface area contributed by atoms with Crippen molar-refractivity contribution in [2.45, 2.75) is 39.1 Å². The molecule has 2 aromatic rings. The number of amides is 1. The molecule has 2 aromatic carbocycles. The lowest BCUT2D eigenvalue weighted by atomic mass is 10.2. The summed E-state index contributed by atoms with van der Waals surface area (Å²) < 4.78 is 28.1. The van der Waals surface area contributed by atoms with E-state index >= 15 is 0 Å². The van der Waals surface area contributed by atoms with E-state index in [1.165, 1.54) is 4.31 Å². The Hall–Kier alpha value is -2.18. The van der Waals surface area contributed by atoms with Gasteiger partial charge in [-0.25, -0.2) is 8.42 Å². The fourth-order valence-corrected chi connectivity index (χ4v) is 4.65. The summed E-state index contributed by atoms with van der Waals surface area (Å²) in [5.41, 5.74) is 2.39. The predicted octanol–water partition coefficient (Wildman–Crippen LogP) is 3.36. The topological polar surface area (TPSA) is 57.7 Å². The van der Waals surface area contributed by atoms with Crippen molar-refractivity contribution in [2.75, 3.05) is 19.6 Å². The second-order valence-corrected chi connectivity index (χ2v) is 8.50. The molecule has 0 fully saturated rings. The van der Waals surface area contributed by atoms with Crippen LogP contribution in [0.1, 0.15) is 30.5 Å².